The lowest BCUT2D eigenvalue weighted by Crippen LogP contribution is -2.28. The fourth-order valence-corrected chi connectivity index (χ4v) is 2.27. The normalized spacial score (nSPS) is 10.7. The average molecular weight is 327 g/mol. The van der Waals surface area contributed by atoms with Crippen LogP contribution in [0.4, 0.5) is 5.95 Å². The van der Waals surface area contributed by atoms with Crippen LogP contribution in [-0.4, -0.2) is 59.9 Å². The van der Waals surface area contributed by atoms with Gasteiger partial charge in [-0.05, 0) is 32.6 Å². The summed E-state index contributed by atoms with van der Waals surface area (Å²) in [5, 5.41) is 3.17. The van der Waals surface area contributed by atoms with Gasteiger partial charge in [-0.15, -0.1) is 0 Å². The van der Waals surface area contributed by atoms with Gasteiger partial charge in [0, 0.05) is 32.4 Å². The van der Waals surface area contributed by atoms with Crippen molar-refractivity contribution in [3.63, 3.8) is 0 Å². The van der Waals surface area contributed by atoms with Crippen LogP contribution in [0.2, 0.25) is 0 Å². The highest BCUT2D eigenvalue weighted by molar-refractivity contribution is 5.92. The fourth-order valence-electron chi connectivity index (χ4n) is 2.27. The van der Waals surface area contributed by atoms with E-state index in [1.165, 1.54) is 0 Å². The summed E-state index contributed by atoms with van der Waals surface area (Å²) in [5.41, 5.74) is 2.27. The van der Waals surface area contributed by atoms with Crippen molar-refractivity contribution in [1.82, 2.24) is 19.8 Å². The van der Waals surface area contributed by atoms with Crippen LogP contribution in [0.3, 0.4) is 0 Å². The lowest BCUT2D eigenvalue weighted by molar-refractivity contribution is 0.0779. The number of hydrogen-bond acceptors (Lipinski definition) is 5. The first-order valence-corrected chi connectivity index (χ1v) is 7.99. The highest BCUT2D eigenvalue weighted by Crippen LogP contribution is 2.10. The minimum Gasteiger partial charge on any atom is -0.353 e. The molecule has 1 aromatic carbocycles. The first-order valence-electron chi connectivity index (χ1n) is 7.99. The number of aryl methyl sites for hydroxylation is 1. The van der Waals surface area contributed by atoms with E-state index in [2.05, 4.69) is 20.2 Å². The summed E-state index contributed by atoms with van der Waals surface area (Å²) in [5.74, 6) is 0.383. The van der Waals surface area contributed by atoms with Gasteiger partial charge in [0.1, 0.15) is 5.69 Å². The maximum atomic E-state index is 12.6. The molecule has 128 valence electrons. The van der Waals surface area contributed by atoms with Gasteiger partial charge >= 0.3 is 0 Å². The molecule has 0 aliphatic heterocycles. The maximum absolute atomic E-state index is 12.6. The third-order valence-corrected chi connectivity index (χ3v) is 3.52. The van der Waals surface area contributed by atoms with Crippen LogP contribution in [0.15, 0.2) is 36.4 Å². The molecule has 6 heteroatoms. The molecule has 24 heavy (non-hydrogen) atoms. The van der Waals surface area contributed by atoms with Crippen LogP contribution in [0, 0.1) is 6.92 Å². The third kappa shape index (κ3) is 5.31. The molecular weight excluding hydrogens is 302 g/mol. The number of aromatic nitrogens is 2. The van der Waals surface area contributed by atoms with Gasteiger partial charge in [0.05, 0.1) is 0 Å². The summed E-state index contributed by atoms with van der Waals surface area (Å²) in [6.45, 7) is 4.01. The Morgan fingerprint density at radius 3 is 2.50 bits per heavy atom. The summed E-state index contributed by atoms with van der Waals surface area (Å²) < 4.78 is 0. The molecule has 0 saturated heterocycles. The second kappa shape index (κ2) is 8.40. The Bertz CT molecular complexity index is 672. The van der Waals surface area contributed by atoms with Crippen molar-refractivity contribution < 1.29 is 4.79 Å². The van der Waals surface area contributed by atoms with E-state index >= 15 is 0 Å². The van der Waals surface area contributed by atoms with Crippen molar-refractivity contribution in [2.45, 2.75) is 13.5 Å². The third-order valence-electron chi connectivity index (χ3n) is 3.52. The van der Waals surface area contributed by atoms with Crippen LogP contribution in [0.25, 0.3) is 0 Å². The van der Waals surface area contributed by atoms with E-state index in [1.54, 1.807) is 18.0 Å². The van der Waals surface area contributed by atoms with Gasteiger partial charge in [0.25, 0.3) is 5.91 Å². The van der Waals surface area contributed by atoms with Crippen LogP contribution in [0.1, 0.15) is 21.7 Å². The van der Waals surface area contributed by atoms with Gasteiger partial charge < -0.3 is 15.1 Å². The molecule has 0 fully saturated rings. The zero-order chi connectivity index (χ0) is 17.5. The monoisotopic (exact) mass is 327 g/mol. The van der Waals surface area contributed by atoms with Crippen LogP contribution in [0.5, 0.6) is 0 Å². The number of rotatable bonds is 7. The molecular formula is C18H25N5O. The fraction of sp³-hybridized carbons (Fsp3) is 0.389. The second-order valence-corrected chi connectivity index (χ2v) is 6.10. The second-order valence-electron chi connectivity index (χ2n) is 6.10. The van der Waals surface area contributed by atoms with Crippen molar-refractivity contribution in [3.05, 3.63) is 53.3 Å². The van der Waals surface area contributed by atoms with Crippen molar-refractivity contribution in [3.8, 4) is 0 Å². The Hall–Kier alpha value is -2.47. The van der Waals surface area contributed by atoms with Gasteiger partial charge in [-0.25, -0.2) is 9.97 Å². The van der Waals surface area contributed by atoms with Crippen LogP contribution >= 0.6 is 0 Å². The molecule has 6 nitrogen and oxygen atoms in total. The number of carbonyl (C=O) groups excluding carboxylic acids is 1. The van der Waals surface area contributed by atoms with Crippen LogP contribution < -0.4 is 5.32 Å². The highest BCUT2D eigenvalue weighted by Gasteiger charge is 2.15. The maximum Gasteiger partial charge on any atom is 0.272 e. The molecule has 2 rings (SSSR count). The zero-order valence-electron chi connectivity index (χ0n) is 14.8. The smallest absolute Gasteiger partial charge is 0.272 e. The SMILES string of the molecule is Cc1cc(C(=O)N(C)Cc2ccccc2)nc(NCCN(C)C)n1. The Morgan fingerprint density at radius 2 is 1.83 bits per heavy atom. The molecule has 1 aromatic heterocycles. The molecule has 0 atom stereocenters. The Labute approximate surface area is 143 Å². The van der Waals surface area contributed by atoms with E-state index < -0.39 is 0 Å². The molecule has 0 bridgehead atoms. The Balaban J connectivity index is 2.06. The van der Waals surface area contributed by atoms with Gasteiger partial charge in [-0.3, -0.25) is 4.79 Å². The topological polar surface area (TPSA) is 61.4 Å². The average Bonchev–Trinajstić information content (AvgIpc) is 2.54. The number of anilines is 1. The number of nitrogens with one attached hydrogen (secondary N) is 1. The number of likely N-dealkylation sites (N-methyl/N-ethyl adjacent to an activating group) is 1. The number of carbonyl (C=O) groups is 1. The van der Waals surface area contributed by atoms with Crippen molar-refractivity contribution in [2.75, 3.05) is 39.5 Å². The number of nitrogens with zero attached hydrogens (tertiary/aromatic N) is 4. The van der Waals surface area contributed by atoms with Crippen LogP contribution in [-0.2, 0) is 6.54 Å². The van der Waals surface area contributed by atoms with Crippen molar-refractivity contribution in [2.24, 2.45) is 0 Å². The van der Waals surface area contributed by atoms with E-state index in [0.29, 0.717) is 18.2 Å². The van der Waals surface area contributed by atoms with Crippen molar-refractivity contribution in [1.29, 1.82) is 0 Å². The van der Waals surface area contributed by atoms with Gasteiger partial charge in [-0.1, -0.05) is 30.3 Å². The Kier molecular flexibility index (Phi) is 6.26. The largest absolute Gasteiger partial charge is 0.353 e. The predicted molar refractivity (Wildman–Crippen MR) is 96.1 cm³/mol. The molecule has 0 aliphatic rings. The zero-order valence-corrected chi connectivity index (χ0v) is 14.8. The predicted octanol–water partition coefficient (Wildman–Crippen LogP) is 2.03. The summed E-state index contributed by atoms with van der Waals surface area (Å²) in [6.07, 6.45) is 0. The summed E-state index contributed by atoms with van der Waals surface area (Å²) >= 11 is 0. The molecule has 1 N–H and O–H groups in total. The summed E-state index contributed by atoms with van der Waals surface area (Å²) in [4.78, 5) is 25.1. The Morgan fingerprint density at radius 1 is 1.12 bits per heavy atom. The minimum absolute atomic E-state index is 0.111. The molecule has 0 aliphatic carbocycles. The van der Waals surface area contributed by atoms with Gasteiger partial charge in [0.2, 0.25) is 5.95 Å². The first kappa shape index (κ1) is 17.9. The minimum atomic E-state index is -0.111. The van der Waals surface area contributed by atoms with Crippen molar-refractivity contribution >= 4 is 11.9 Å². The van der Waals surface area contributed by atoms with E-state index in [9.17, 15) is 4.79 Å². The lowest BCUT2D eigenvalue weighted by Gasteiger charge is -2.17. The standard InChI is InChI=1S/C18H25N5O/c1-14-12-16(21-18(20-14)19-10-11-22(2)3)17(24)23(4)13-15-8-6-5-7-9-15/h5-9,12H,10-11,13H2,1-4H3,(H,19,20,21). The molecule has 0 saturated carbocycles. The van der Waals surface area contributed by atoms with E-state index in [0.717, 1.165) is 24.3 Å². The molecule has 0 spiro atoms. The van der Waals surface area contributed by atoms with E-state index in [1.807, 2.05) is 51.4 Å². The number of amides is 1. The number of hydrogen-bond donors (Lipinski definition) is 1. The molecule has 0 unspecified atom stereocenters. The quantitative estimate of drug-likeness (QED) is 0.843. The lowest BCUT2D eigenvalue weighted by atomic mass is 10.2. The molecule has 1 heterocycles. The molecule has 0 radical (unpaired) electrons. The summed E-state index contributed by atoms with van der Waals surface area (Å²) in [6, 6.07) is 11.6. The van der Waals surface area contributed by atoms with Gasteiger partial charge in [0.15, 0.2) is 0 Å². The first-order chi connectivity index (χ1) is 11.5. The highest BCUT2D eigenvalue weighted by atomic mass is 16.2. The molecule has 1 amide bonds. The van der Waals surface area contributed by atoms with Gasteiger partial charge in [-0.2, -0.15) is 0 Å². The molecule has 2 aromatic rings. The van der Waals surface area contributed by atoms with E-state index in [-0.39, 0.29) is 5.91 Å². The number of benzene rings is 1. The van der Waals surface area contributed by atoms with E-state index in [4.69, 9.17) is 0 Å². The summed E-state index contributed by atoms with van der Waals surface area (Å²) in [7, 11) is 5.80.